The van der Waals surface area contributed by atoms with E-state index in [4.69, 9.17) is 16.3 Å². The summed E-state index contributed by atoms with van der Waals surface area (Å²) >= 11 is 6.39. The number of fused-ring (bicyclic) bond motifs is 1. The molecule has 0 fully saturated rings. The van der Waals surface area contributed by atoms with E-state index >= 15 is 0 Å². The largest absolute Gasteiger partial charge is 0.389 e. The van der Waals surface area contributed by atoms with E-state index in [0.717, 1.165) is 16.8 Å². The van der Waals surface area contributed by atoms with Gasteiger partial charge in [-0.1, -0.05) is 11.6 Å². The number of nitrogens with one attached hydrogen (secondary N) is 1. The molecule has 12 nitrogen and oxygen atoms in total. The van der Waals surface area contributed by atoms with Crippen LogP contribution in [0.3, 0.4) is 0 Å². The minimum absolute atomic E-state index is 0.219. The molecule has 4 heterocycles. The molecule has 1 amide bonds. The molecule has 5 rings (SSSR count). The van der Waals surface area contributed by atoms with Crippen LogP contribution in [0.2, 0.25) is 5.02 Å². The van der Waals surface area contributed by atoms with Crippen LogP contribution in [0.4, 0.5) is 5.69 Å². The molecule has 0 spiro atoms. The van der Waals surface area contributed by atoms with Crippen molar-refractivity contribution in [2.75, 3.05) is 19.0 Å². The highest BCUT2D eigenvalue weighted by molar-refractivity contribution is 6.34. The Hall–Kier alpha value is -4.13. The first-order valence-corrected chi connectivity index (χ1v) is 12.3. The highest BCUT2D eigenvalue weighted by atomic mass is 35.5. The topological polar surface area (TPSA) is 137 Å². The number of aryl methyl sites for hydroxylation is 2. The molecule has 1 aromatic carbocycles. The Morgan fingerprint density at radius 3 is 2.82 bits per heavy atom. The van der Waals surface area contributed by atoms with Gasteiger partial charge in [0.2, 0.25) is 5.82 Å². The Bertz CT molecular complexity index is 1610. The molecule has 0 aliphatic heterocycles. The fourth-order valence-corrected chi connectivity index (χ4v) is 4.29. The van der Waals surface area contributed by atoms with Crippen molar-refractivity contribution in [2.24, 2.45) is 0 Å². The summed E-state index contributed by atoms with van der Waals surface area (Å²) in [5, 5.41) is 34.5. The molecule has 1 unspecified atom stereocenters. The average Bonchev–Trinajstić information content (AvgIpc) is 3.63. The van der Waals surface area contributed by atoms with Crippen molar-refractivity contribution in [3.63, 3.8) is 0 Å². The molecule has 13 heteroatoms. The molecular formula is C25H26ClN9O3. The van der Waals surface area contributed by atoms with E-state index in [9.17, 15) is 9.90 Å². The van der Waals surface area contributed by atoms with Crippen molar-refractivity contribution >= 4 is 28.7 Å². The fraction of sp³-hybridized carbons (Fsp3) is 0.280. The van der Waals surface area contributed by atoms with E-state index in [-0.39, 0.29) is 12.5 Å². The summed E-state index contributed by atoms with van der Waals surface area (Å²) in [7, 11) is 1.54. The third-order valence-corrected chi connectivity index (χ3v) is 6.32. The van der Waals surface area contributed by atoms with E-state index in [1.807, 2.05) is 32.2 Å². The smallest absolute Gasteiger partial charge is 0.259 e. The number of hydrogen-bond acceptors (Lipinski definition) is 8. The molecular weight excluding hydrogens is 510 g/mol. The zero-order chi connectivity index (χ0) is 26.8. The van der Waals surface area contributed by atoms with E-state index in [0.29, 0.717) is 46.3 Å². The molecule has 4 aromatic heterocycles. The Kier molecular flexibility index (Phi) is 7.18. The van der Waals surface area contributed by atoms with Gasteiger partial charge in [-0.05, 0) is 55.0 Å². The maximum atomic E-state index is 13.3. The van der Waals surface area contributed by atoms with Crippen molar-refractivity contribution in [1.29, 1.82) is 0 Å². The number of carbonyl (C=O) groups is 1. The fourth-order valence-electron chi connectivity index (χ4n) is 4.12. The van der Waals surface area contributed by atoms with Gasteiger partial charge in [0.15, 0.2) is 0 Å². The lowest BCUT2D eigenvalue weighted by molar-refractivity contribution is 0.0513. The molecule has 38 heavy (non-hydrogen) atoms. The summed E-state index contributed by atoms with van der Waals surface area (Å²) in [6.45, 7) is 4.93. The van der Waals surface area contributed by atoms with Gasteiger partial charge in [0.05, 0.1) is 59.5 Å². The molecule has 0 aliphatic rings. The number of anilines is 1. The van der Waals surface area contributed by atoms with Crippen molar-refractivity contribution in [1.82, 2.24) is 39.6 Å². The molecule has 0 saturated carbocycles. The zero-order valence-corrected chi connectivity index (χ0v) is 21.8. The minimum Gasteiger partial charge on any atom is -0.389 e. The quantitative estimate of drug-likeness (QED) is 0.294. The number of rotatable bonds is 9. The lowest BCUT2D eigenvalue weighted by Gasteiger charge is -2.09. The molecule has 0 bridgehead atoms. The summed E-state index contributed by atoms with van der Waals surface area (Å²) < 4.78 is 8.32. The third kappa shape index (κ3) is 5.14. The molecule has 0 saturated heterocycles. The molecule has 1 atom stereocenters. The summed E-state index contributed by atoms with van der Waals surface area (Å²) in [5.41, 5.74) is 4.63. The number of nitrogens with zero attached hydrogens (tertiary/aromatic N) is 8. The van der Waals surface area contributed by atoms with Gasteiger partial charge in [0, 0.05) is 30.6 Å². The molecule has 196 valence electrons. The number of ether oxygens (including phenoxy) is 1. The molecule has 2 N–H and O–H groups in total. The number of amides is 1. The van der Waals surface area contributed by atoms with Gasteiger partial charge in [-0.3, -0.25) is 9.48 Å². The first kappa shape index (κ1) is 25.5. The van der Waals surface area contributed by atoms with E-state index in [2.05, 4.69) is 30.9 Å². The maximum absolute atomic E-state index is 13.3. The van der Waals surface area contributed by atoms with Gasteiger partial charge >= 0.3 is 0 Å². The normalized spacial score (nSPS) is 12.2. The standard InChI is InChI=1S/C25H26ClN9O3/c1-4-35-31-24(29-32-35)17-5-6-21(26)22(9-17)28-25(37)19-11-27-34-8-7-16(10-23(19)34)20-13-33(30-15(20)2)12-18(36)14-38-3/h5-11,13,18,36H,4,12,14H2,1-3H3,(H,28,37). The van der Waals surface area contributed by atoms with Crippen LogP contribution in [-0.4, -0.2) is 70.4 Å². The van der Waals surface area contributed by atoms with Crippen molar-refractivity contribution in [3.05, 3.63) is 65.2 Å². The first-order chi connectivity index (χ1) is 18.4. The number of benzene rings is 1. The second kappa shape index (κ2) is 10.7. The summed E-state index contributed by atoms with van der Waals surface area (Å²) in [4.78, 5) is 14.8. The van der Waals surface area contributed by atoms with Crippen molar-refractivity contribution in [2.45, 2.75) is 33.0 Å². The zero-order valence-electron chi connectivity index (χ0n) is 21.0. The van der Waals surface area contributed by atoms with Crippen LogP contribution in [0, 0.1) is 6.92 Å². The van der Waals surface area contributed by atoms with Gasteiger partial charge in [-0.25, -0.2) is 4.52 Å². The second-order valence-electron chi connectivity index (χ2n) is 8.71. The van der Waals surface area contributed by atoms with Gasteiger partial charge in [-0.15, -0.1) is 10.2 Å². The Morgan fingerprint density at radius 1 is 1.21 bits per heavy atom. The number of aliphatic hydroxyl groups is 1. The van der Waals surface area contributed by atoms with Crippen LogP contribution >= 0.6 is 11.6 Å². The SMILES string of the molecule is CCn1nnc(-c2ccc(Cl)c(NC(=O)c3cnn4ccc(-c5cn(CC(O)COC)nc5C)cc34)c2)n1. The summed E-state index contributed by atoms with van der Waals surface area (Å²) in [6, 6.07) is 8.94. The van der Waals surface area contributed by atoms with Crippen LogP contribution in [0.1, 0.15) is 23.0 Å². The minimum atomic E-state index is -0.667. The summed E-state index contributed by atoms with van der Waals surface area (Å²) in [5.74, 6) is 0.0711. The number of aliphatic hydroxyl groups excluding tert-OH is 1. The number of carbonyl (C=O) groups excluding carboxylic acids is 1. The van der Waals surface area contributed by atoms with E-state index in [1.54, 1.807) is 40.7 Å². The van der Waals surface area contributed by atoms with Gasteiger partial charge in [0.1, 0.15) is 0 Å². The number of pyridine rings is 1. The molecule has 0 radical (unpaired) electrons. The van der Waals surface area contributed by atoms with Crippen LogP contribution < -0.4 is 5.32 Å². The van der Waals surface area contributed by atoms with E-state index < -0.39 is 6.10 Å². The Labute approximate surface area is 222 Å². The maximum Gasteiger partial charge on any atom is 0.259 e. The Balaban J connectivity index is 1.42. The number of halogens is 1. The van der Waals surface area contributed by atoms with Gasteiger partial charge in [-0.2, -0.15) is 15.0 Å². The number of hydrogen-bond donors (Lipinski definition) is 2. The van der Waals surface area contributed by atoms with Crippen LogP contribution in [-0.2, 0) is 17.8 Å². The highest BCUT2D eigenvalue weighted by Crippen LogP contribution is 2.29. The van der Waals surface area contributed by atoms with Crippen LogP contribution in [0.15, 0.2) is 48.9 Å². The highest BCUT2D eigenvalue weighted by Gasteiger charge is 2.18. The average molecular weight is 536 g/mol. The predicted molar refractivity (Wildman–Crippen MR) is 141 cm³/mol. The number of methoxy groups -OCH3 is 1. The van der Waals surface area contributed by atoms with Gasteiger partial charge in [0.25, 0.3) is 5.91 Å². The first-order valence-electron chi connectivity index (χ1n) is 11.9. The van der Waals surface area contributed by atoms with Gasteiger partial charge < -0.3 is 15.2 Å². The van der Waals surface area contributed by atoms with Crippen LogP contribution in [0.25, 0.3) is 28.0 Å². The monoisotopic (exact) mass is 535 g/mol. The molecule has 0 aliphatic carbocycles. The van der Waals surface area contributed by atoms with E-state index in [1.165, 1.54) is 11.0 Å². The lowest BCUT2D eigenvalue weighted by Crippen LogP contribution is -2.21. The Morgan fingerprint density at radius 2 is 2.05 bits per heavy atom. The predicted octanol–water partition coefficient (Wildman–Crippen LogP) is 3.09. The van der Waals surface area contributed by atoms with Crippen molar-refractivity contribution in [3.8, 4) is 22.5 Å². The number of aromatic nitrogens is 8. The molecule has 5 aromatic rings. The second-order valence-corrected chi connectivity index (χ2v) is 9.12. The van der Waals surface area contributed by atoms with Crippen molar-refractivity contribution < 1.29 is 14.6 Å². The lowest BCUT2D eigenvalue weighted by atomic mass is 10.1. The third-order valence-electron chi connectivity index (χ3n) is 5.99. The number of tetrazole rings is 1. The van der Waals surface area contributed by atoms with Crippen LogP contribution in [0.5, 0.6) is 0 Å². The summed E-state index contributed by atoms with van der Waals surface area (Å²) in [6.07, 6.45) is 4.50.